The molecule has 0 saturated heterocycles. The molecule has 2 N–H and O–H groups in total. The molecular weight excluding hydrogens is 304 g/mol. The fourth-order valence-electron chi connectivity index (χ4n) is 2.11. The van der Waals surface area contributed by atoms with Crippen LogP contribution >= 0.6 is 11.3 Å². The van der Waals surface area contributed by atoms with Gasteiger partial charge in [0, 0.05) is 18.5 Å². The molecule has 1 aromatic heterocycles. The van der Waals surface area contributed by atoms with E-state index in [2.05, 4.69) is 0 Å². The van der Waals surface area contributed by atoms with Crippen LogP contribution < -0.4 is 5.73 Å². The first-order valence-electron chi connectivity index (χ1n) is 6.71. The minimum absolute atomic E-state index is 0.00689. The molecule has 0 saturated carbocycles. The van der Waals surface area contributed by atoms with Gasteiger partial charge < -0.3 is 5.73 Å². The summed E-state index contributed by atoms with van der Waals surface area (Å²) in [5.41, 5.74) is 7.30. The molecule has 0 bridgehead atoms. The number of nitrogens with zero attached hydrogens (tertiary/aromatic N) is 1. The average molecular weight is 324 g/mol. The molecule has 1 atom stereocenters. The van der Waals surface area contributed by atoms with Gasteiger partial charge in [0.2, 0.25) is 10.0 Å². The highest BCUT2D eigenvalue weighted by Gasteiger charge is 2.25. The Kier molecular flexibility index (Phi) is 5.16. The molecule has 1 aromatic carbocycles. The lowest BCUT2D eigenvalue weighted by molar-refractivity contribution is 0.402. The smallest absolute Gasteiger partial charge is 0.218 e. The molecule has 1 heterocycles. The monoisotopic (exact) mass is 324 g/mol. The summed E-state index contributed by atoms with van der Waals surface area (Å²) in [4.78, 5) is 1.04. The van der Waals surface area contributed by atoms with Crippen LogP contribution in [0.1, 0.15) is 29.0 Å². The number of nitrogens with two attached hydrogens (primary N) is 1. The first-order valence-corrected chi connectivity index (χ1v) is 9.20. The van der Waals surface area contributed by atoms with E-state index in [0.29, 0.717) is 6.54 Å². The van der Waals surface area contributed by atoms with Gasteiger partial charge in [-0.1, -0.05) is 30.3 Å². The van der Waals surface area contributed by atoms with Gasteiger partial charge >= 0.3 is 0 Å². The van der Waals surface area contributed by atoms with Crippen LogP contribution in [0.25, 0.3) is 0 Å². The van der Waals surface area contributed by atoms with Crippen molar-refractivity contribution in [1.29, 1.82) is 0 Å². The van der Waals surface area contributed by atoms with Crippen molar-refractivity contribution in [2.75, 3.05) is 7.05 Å². The van der Waals surface area contributed by atoms with Crippen molar-refractivity contribution in [3.8, 4) is 0 Å². The molecule has 1 unspecified atom stereocenters. The van der Waals surface area contributed by atoms with Crippen LogP contribution in [0.5, 0.6) is 0 Å². The van der Waals surface area contributed by atoms with Gasteiger partial charge in [0.25, 0.3) is 0 Å². The third kappa shape index (κ3) is 3.91. The Bertz CT molecular complexity index is 681. The zero-order valence-corrected chi connectivity index (χ0v) is 13.8. The fourth-order valence-corrected chi connectivity index (χ4v) is 4.40. The summed E-state index contributed by atoms with van der Waals surface area (Å²) >= 11 is 1.57. The van der Waals surface area contributed by atoms with E-state index in [1.807, 2.05) is 48.7 Å². The quantitative estimate of drug-likeness (QED) is 0.888. The first-order chi connectivity index (χ1) is 9.94. The van der Waals surface area contributed by atoms with Gasteiger partial charge in [-0.3, -0.25) is 0 Å². The van der Waals surface area contributed by atoms with Crippen LogP contribution in [0.3, 0.4) is 0 Å². The third-order valence-electron chi connectivity index (χ3n) is 3.52. The Morgan fingerprint density at radius 2 is 1.95 bits per heavy atom. The molecule has 0 aliphatic rings. The molecule has 6 heteroatoms. The normalized spacial score (nSPS) is 13.5. The predicted molar refractivity (Wildman–Crippen MR) is 87.5 cm³/mol. The highest BCUT2D eigenvalue weighted by molar-refractivity contribution is 7.88. The maximum Gasteiger partial charge on any atom is 0.218 e. The summed E-state index contributed by atoms with van der Waals surface area (Å²) in [5.74, 6) is -0.00689. The van der Waals surface area contributed by atoms with E-state index >= 15 is 0 Å². The largest absolute Gasteiger partial charge is 0.326 e. The lowest BCUT2D eigenvalue weighted by Gasteiger charge is -2.23. The number of sulfonamides is 1. The van der Waals surface area contributed by atoms with Crippen molar-refractivity contribution >= 4 is 21.4 Å². The number of rotatable bonds is 6. The topological polar surface area (TPSA) is 63.4 Å². The molecule has 0 amide bonds. The van der Waals surface area contributed by atoms with Crippen molar-refractivity contribution in [3.63, 3.8) is 0 Å². The van der Waals surface area contributed by atoms with Crippen molar-refractivity contribution in [1.82, 2.24) is 4.31 Å². The second-order valence-electron chi connectivity index (χ2n) is 4.99. The maximum absolute atomic E-state index is 12.5. The van der Waals surface area contributed by atoms with Crippen LogP contribution in [0.4, 0.5) is 0 Å². The maximum atomic E-state index is 12.5. The molecule has 21 heavy (non-hydrogen) atoms. The van der Waals surface area contributed by atoms with Crippen LogP contribution in [-0.2, 0) is 22.3 Å². The summed E-state index contributed by atoms with van der Waals surface area (Å²) < 4.78 is 26.5. The fraction of sp³-hybridized carbons (Fsp3) is 0.333. The molecule has 0 fully saturated rings. The Morgan fingerprint density at radius 1 is 1.24 bits per heavy atom. The van der Waals surface area contributed by atoms with Crippen LogP contribution in [0, 0.1) is 0 Å². The Morgan fingerprint density at radius 3 is 2.57 bits per heavy atom. The molecule has 0 spiro atoms. The van der Waals surface area contributed by atoms with Gasteiger partial charge in [0.1, 0.15) is 0 Å². The minimum atomic E-state index is -3.36. The van der Waals surface area contributed by atoms with E-state index in [1.165, 1.54) is 4.31 Å². The zero-order chi connectivity index (χ0) is 15.5. The molecule has 0 radical (unpaired) electrons. The first kappa shape index (κ1) is 16.2. The number of hydrogen-bond donors (Lipinski definition) is 1. The van der Waals surface area contributed by atoms with Crippen LogP contribution in [0.2, 0.25) is 0 Å². The molecule has 114 valence electrons. The van der Waals surface area contributed by atoms with Crippen molar-refractivity contribution < 1.29 is 8.42 Å². The highest BCUT2D eigenvalue weighted by atomic mass is 32.2. The molecular formula is C15H20N2O2S2. The molecule has 2 aromatic rings. The number of hydrogen-bond acceptors (Lipinski definition) is 4. The Hall–Kier alpha value is -1.21. The van der Waals surface area contributed by atoms with Crippen LogP contribution in [0.15, 0.2) is 41.8 Å². The van der Waals surface area contributed by atoms with Crippen molar-refractivity contribution in [3.05, 3.63) is 57.8 Å². The van der Waals surface area contributed by atoms with E-state index in [9.17, 15) is 8.42 Å². The van der Waals surface area contributed by atoms with Crippen molar-refractivity contribution in [2.24, 2.45) is 5.73 Å². The van der Waals surface area contributed by atoms with E-state index in [1.54, 1.807) is 18.4 Å². The Balaban J connectivity index is 2.17. The lowest BCUT2D eigenvalue weighted by atomic mass is 10.1. The van der Waals surface area contributed by atoms with E-state index in [-0.39, 0.29) is 11.8 Å². The van der Waals surface area contributed by atoms with Crippen LogP contribution in [-0.4, -0.2) is 19.8 Å². The molecule has 0 aliphatic heterocycles. The summed E-state index contributed by atoms with van der Waals surface area (Å²) in [7, 11) is -1.73. The summed E-state index contributed by atoms with van der Waals surface area (Å²) in [6, 6.07) is 11.1. The molecule has 0 aliphatic carbocycles. The van der Waals surface area contributed by atoms with Crippen molar-refractivity contribution in [2.45, 2.75) is 25.3 Å². The SMILES string of the molecule is CC(c1cccs1)N(C)S(=O)(=O)Cc1cccc(CN)c1. The second-order valence-corrected chi connectivity index (χ2v) is 8.00. The summed E-state index contributed by atoms with van der Waals surface area (Å²) in [6.45, 7) is 2.31. The molecule has 4 nitrogen and oxygen atoms in total. The van der Waals surface area contributed by atoms with Gasteiger partial charge in [0.05, 0.1) is 11.8 Å². The zero-order valence-electron chi connectivity index (χ0n) is 12.2. The lowest BCUT2D eigenvalue weighted by Crippen LogP contribution is -2.30. The van der Waals surface area contributed by atoms with E-state index < -0.39 is 10.0 Å². The highest BCUT2D eigenvalue weighted by Crippen LogP contribution is 2.26. The second kappa shape index (κ2) is 6.70. The predicted octanol–water partition coefficient (Wildman–Crippen LogP) is 2.73. The molecule has 2 rings (SSSR count). The van der Waals surface area contributed by atoms with Gasteiger partial charge in [-0.25, -0.2) is 8.42 Å². The van der Waals surface area contributed by atoms with Gasteiger partial charge in [0.15, 0.2) is 0 Å². The van der Waals surface area contributed by atoms with Gasteiger partial charge in [-0.2, -0.15) is 4.31 Å². The van der Waals surface area contributed by atoms with Gasteiger partial charge in [-0.05, 0) is 29.5 Å². The van der Waals surface area contributed by atoms with Gasteiger partial charge in [-0.15, -0.1) is 11.3 Å². The van der Waals surface area contributed by atoms with E-state index in [0.717, 1.165) is 16.0 Å². The number of benzene rings is 1. The summed E-state index contributed by atoms with van der Waals surface area (Å²) in [6.07, 6.45) is 0. The Labute approximate surface area is 130 Å². The average Bonchev–Trinajstić information content (AvgIpc) is 2.99. The standard InChI is InChI=1S/C15H20N2O2S2/c1-12(15-7-4-8-20-15)17(2)21(18,19)11-14-6-3-5-13(9-14)10-16/h3-9,12H,10-11,16H2,1-2H3. The number of thiophene rings is 1. The third-order valence-corrected chi connectivity index (χ3v) is 6.45. The summed E-state index contributed by atoms with van der Waals surface area (Å²) in [5, 5.41) is 1.96. The minimum Gasteiger partial charge on any atom is -0.326 e. The van der Waals surface area contributed by atoms with E-state index in [4.69, 9.17) is 5.73 Å².